The number of aromatic nitrogens is 1. The van der Waals surface area contributed by atoms with Crippen LogP contribution in [0.1, 0.15) is 23.1 Å². The van der Waals surface area contributed by atoms with Gasteiger partial charge >= 0.3 is 0 Å². The van der Waals surface area contributed by atoms with Crippen LogP contribution < -0.4 is 10.2 Å². The van der Waals surface area contributed by atoms with E-state index in [0.29, 0.717) is 22.8 Å². The first-order valence-electron chi connectivity index (χ1n) is 9.87. The van der Waals surface area contributed by atoms with Crippen molar-refractivity contribution in [2.75, 3.05) is 16.8 Å². The molecule has 7 heteroatoms. The maximum absolute atomic E-state index is 13.3. The normalized spacial score (nSPS) is 13.3. The predicted molar refractivity (Wildman–Crippen MR) is 118 cm³/mol. The summed E-state index contributed by atoms with van der Waals surface area (Å²) >= 11 is 0. The molecule has 6 nitrogen and oxygen atoms in total. The number of pyridine rings is 1. The van der Waals surface area contributed by atoms with Gasteiger partial charge in [-0.05, 0) is 54.8 Å². The molecule has 3 aromatic rings. The average molecular weight is 416 g/mol. The summed E-state index contributed by atoms with van der Waals surface area (Å²) in [6.45, 7) is 3.64. The minimum atomic E-state index is -0.365. The van der Waals surface area contributed by atoms with Crippen LogP contribution in [0.25, 0.3) is 0 Å². The molecular formula is C24H21FN4O2. The molecule has 2 aromatic carbocycles. The molecule has 2 amide bonds. The molecule has 0 spiro atoms. The minimum Gasteiger partial charge on any atom is -0.324 e. The fraction of sp³-hybridized carbons (Fsp3) is 0.167. The maximum Gasteiger partial charge on any atom is 0.244 e. The van der Waals surface area contributed by atoms with Crippen molar-refractivity contribution < 1.29 is 14.0 Å². The van der Waals surface area contributed by atoms with E-state index in [1.165, 1.54) is 17.0 Å². The van der Waals surface area contributed by atoms with E-state index in [1.54, 1.807) is 30.5 Å². The molecule has 0 bridgehead atoms. The van der Waals surface area contributed by atoms with E-state index in [4.69, 9.17) is 0 Å². The fourth-order valence-electron chi connectivity index (χ4n) is 3.53. The Morgan fingerprint density at radius 2 is 1.77 bits per heavy atom. The highest BCUT2D eigenvalue weighted by Crippen LogP contribution is 2.31. The van der Waals surface area contributed by atoms with Crippen molar-refractivity contribution in [3.05, 3.63) is 83.3 Å². The Balaban J connectivity index is 1.62. The van der Waals surface area contributed by atoms with Gasteiger partial charge in [0.15, 0.2) is 5.82 Å². The number of hydrogen-bond acceptors (Lipinski definition) is 4. The highest BCUT2D eigenvalue weighted by Gasteiger charge is 2.28. The number of nitrogens with one attached hydrogen (secondary N) is 1. The molecule has 31 heavy (non-hydrogen) atoms. The van der Waals surface area contributed by atoms with E-state index >= 15 is 0 Å². The fourth-order valence-corrected chi connectivity index (χ4v) is 3.53. The number of aryl methyl sites for hydroxylation is 2. The second kappa shape index (κ2) is 8.47. The third-order valence-corrected chi connectivity index (χ3v) is 5.12. The van der Waals surface area contributed by atoms with Crippen LogP contribution in [0, 0.1) is 19.7 Å². The number of aliphatic imine (C=N–C) groups is 1. The summed E-state index contributed by atoms with van der Waals surface area (Å²) < 4.78 is 13.3. The monoisotopic (exact) mass is 416 g/mol. The number of hydrogen-bond donors (Lipinski definition) is 1. The summed E-state index contributed by atoms with van der Waals surface area (Å²) in [7, 11) is 0. The number of rotatable bonds is 4. The van der Waals surface area contributed by atoms with Gasteiger partial charge in [0.05, 0.1) is 12.1 Å². The lowest BCUT2D eigenvalue weighted by atomic mass is 10.1. The number of carbonyl (C=O) groups is 2. The first-order chi connectivity index (χ1) is 14.9. The molecule has 1 aliphatic heterocycles. The molecule has 0 fully saturated rings. The molecule has 2 heterocycles. The smallest absolute Gasteiger partial charge is 0.244 e. The van der Waals surface area contributed by atoms with Crippen LogP contribution in [0.4, 0.5) is 21.6 Å². The van der Waals surface area contributed by atoms with E-state index in [1.807, 2.05) is 32.0 Å². The molecule has 4 rings (SSSR count). The number of nitrogens with zero attached hydrogens (tertiary/aromatic N) is 3. The zero-order chi connectivity index (χ0) is 22.0. The van der Waals surface area contributed by atoms with Crippen molar-refractivity contribution >= 4 is 34.7 Å². The number of carbonyl (C=O) groups excluding carboxylic acids is 2. The lowest BCUT2D eigenvalue weighted by Gasteiger charge is -2.21. The number of benzene rings is 2. The van der Waals surface area contributed by atoms with E-state index in [2.05, 4.69) is 15.3 Å². The van der Waals surface area contributed by atoms with Crippen molar-refractivity contribution in [1.82, 2.24) is 4.98 Å². The zero-order valence-electron chi connectivity index (χ0n) is 17.2. The van der Waals surface area contributed by atoms with Crippen molar-refractivity contribution in [3.63, 3.8) is 0 Å². The predicted octanol–water partition coefficient (Wildman–Crippen LogP) is 4.33. The quantitative estimate of drug-likeness (QED) is 0.688. The minimum absolute atomic E-state index is 0.0291. The van der Waals surface area contributed by atoms with Crippen LogP contribution in [-0.2, 0) is 9.59 Å². The van der Waals surface area contributed by atoms with Gasteiger partial charge in [0.1, 0.15) is 18.0 Å². The van der Waals surface area contributed by atoms with Gasteiger partial charge in [-0.3, -0.25) is 14.5 Å². The molecule has 0 aliphatic carbocycles. The van der Waals surface area contributed by atoms with Gasteiger partial charge in [-0.15, -0.1) is 0 Å². The molecule has 0 radical (unpaired) electrons. The third kappa shape index (κ3) is 4.35. The molecule has 0 atom stereocenters. The lowest BCUT2D eigenvalue weighted by Crippen LogP contribution is -2.39. The van der Waals surface area contributed by atoms with Gasteiger partial charge in [0, 0.05) is 11.9 Å². The molecule has 1 N–H and O–H groups in total. The number of para-hydroxylation sites is 1. The number of anilines is 2. The second-order valence-electron chi connectivity index (χ2n) is 7.38. The molecule has 156 valence electrons. The summed E-state index contributed by atoms with van der Waals surface area (Å²) in [6, 6.07) is 15.0. The third-order valence-electron chi connectivity index (χ3n) is 5.12. The van der Waals surface area contributed by atoms with Gasteiger partial charge < -0.3 is 5.32 Å². The number of amides is 2. The Hall–Kier alpha value is -3.87. The van der Waals surface area contributed by atoms with Crippen molar-refractivity contribution in [2.24, 2.45) is 4.99 Å². The topological polar surface area (TPSA) is 74.7 Å². The van der Waals surface area contributed by atoms with Crippen LogP contribution in [0.2, 0.25) is 0 Å². The van der Waals surface area contributed by atoms with Gasteiger partial charge in [-0.1, -0.05) is 30.3 Å². The average Bonchev–Trinajstić information content (AvgIpc) is 2.88. The highest BCUT2D eigenvalue weighted by molar-refractivity contribution is 6.18. The maximum atomic E-state index is 13.3. The molecule has 0 unspecified atom stereocenters. The van der Waals surface area contributed by atoms with Crippen LogP contribution >= 0.6 is 0 Å². The van der Waals surface area contributed by atoms with Gasteiger partial charge in [-0.2, -0.15) is 0 Å². The van der Waals surface area contributed by atoms with Crippen LogP contribution in [0.15, 0.2) is 65.8 Å². The van der Waals surface area contributed by atoms with E-state index in [-0.39, 0.29) is 30.6 Å². The Kier molecular flexibility index (Phi) is 5.58. The molecule has 1 aromatic heterocycles. The van der Waals surface area contributed by atoms with Crippen LogP contribution in [-0.4, -0.2) is 29.1 Å². The lowest BCUT2D eigenvalue weighted by molar-refractivity contribution is -0.120. The van der Waals surface area contributed by atoms with Crippen LogP contribution in [0.5, 0.6) is 0 Å². The largest absolute Gasteiger partial charge is 0.324 e. The van der Waals surface area contributed by atoms with E-state index in [9.17, 15) is 14.0 Å². The van der Waals surface area contributed by atoms with Crippen LogP contribution in [0.3, 0.4) is 0 Å². The molecule has 0 saturated carbocycles. The summed E-state index contributed by atoms with van der Waals surface area (Å²) in [5.74, 6) is -0.679. The van der Waals surface area contributed by atoms with E-state index in [0.717, 1.165) is 16.8 Å². The Morgan fingerprint density at radius 3 is 2.48 bits per heavy atom. The zero-order valence-corrected chi connectivity index (χ0v) is 17.2. The molecule has 1 aliphatic rings. The number of halogens is 1. The van der Waals surface area contributed by atoms with Crippen molar-refractivity contribution in [3.8, 4) is 0 Å². The van der Waals surface area contributed by atoms with Crippen molar-refractivity contribution in [2.45, 2.75) is 20.3 Å². The highest BCUT2D eigenvalue weighted by atomic mass is 19.1. The standard InChI is InChI=1S/C24H21FN4O2/c1-15-5-3-6-16(2)23(15)28-21(30)14-29-22(31)13-20(17-8-10-18(25)11-9-17)27-19-7-4-12-26-24(19)29/h3-12H,13-14H2,1-2H3,(H,28,30). The summed E-state index contributed by atoms with van der Waals surface area (Å²) in [6.07, 6.45) is 1.53. The Bertz CT molecular complexity index is 1170. The van der Waals surface area contributed by atoms with E-state index < -0.39 is 0 Å². The van der Waals surface area contributed by atoms with Gasteiger partial charge in [0.25, 0.3) is 0 Å². The first kappa shape index (κ1) is 20.4. The van der Waals surface area contributed by atoms with Gasteiger partial charge in [-0.25, -0.2) is 14.4 Å². The van der Waals surface area contributed by atoms with Crippen molar-refractivity contribution in [1.29, 1.82) is 0 Å². The SMILES string of the molecule is Cc1cccc(C)c1NC(=O)CN1C(=O)CC(c2ccc(F)cc2)=Nc2cccnc21. The molecular weight excluding hydrogens is 395 g/mol. The molecule has 0 saturated heterocycles. The van der Waals surface area contributed by atoms with Gasteiger partial charge in [0.2, 0.25) is 11.8 Å². The number of fused-ring (bicyclic) bond motifs is 1. The Labute approximate surface area is 179 Å². The summed E-state index contributed by atoms with van der Waals surface area (Å²) in [4.78, 5) is 36.2. The summed E-state index contributed by atoms with van der Waals surface area (Å²) in [5, 5.41) is 2.91. The first-order valence-corrected chi connectivity index (χ1v) is 9.87. The summed E-state index contributed by atoms with van der Waals surface area (Å²) in [5.41, 5.74) is 4.24. The second-order valence-corrected chi connectivity index (χ2v) is 7.38. The Morgan fingerprint density at radius 1 is 1.06 bits per heavy atom.